The fraction of sp³-hybridized carbons (Fsp3) is 0.214. The monoisotopic (exact) mass is 272 g/mol. The molecule has 0 fully saturated rings. The summed E-state index contributed by atoms with van der Waals surface area (Å²) in [5.74, 6) is 0. The lowest BCUT2D eigenvalue weighted by molar-refractivity contribution is 0.648. The first kappa shape index (κ1) is 10.6. The first-order valence-corrected chi connectivity index (χ1v) is 7.71. The highest BCUT2D eigenvalue weighted by Gasteiger charge is 2.31. The predicted octanol–water partition coefficient (Wildman–Crippen LogP) is 4.01. The van der Waals surface area contributed by atoms with Gasteiger partial charge in [-0.15, -0.1) is 11.3 Å². The second-order valence-corrected chi connectivity index (χ2v) is 6.57. The van der Waals surface area contributed by atoms with Crippen molar-refractivity contribution in [1.82, 2.24) is 4.90 Å². The highest BCUT2D eigenvalue weighted by molar-refractivity contribution is 8.17. The van der Waals surface area contributed by atoms with Gasteiger partial charge in [0.25, 0.3) is 0 Å². The van der Waals surface area contributed by atoms with Gasteiger partial charge in [-0.05, 0) is 23.8 Å². The third-order valence-electron chi connectivity index (χ3n) is 3.38. The maximum absolute atomic E-state index is 4.56. The molecule has 0 amide bonds. The molecule has 2 aliphatic heterocycles. The fourth-order valence-electron chi connectivity index (χ4n) is 2.61. The summed E-state index contributed by atoms with van der Waals surface area (Å²) in [7, 11) is 0. The third kappa shape index (κ3) is 1.39. The SMILES string of the molecule is CC1=C(c2cccc3ccsc23)N2CCN=C2S1. The van der Waals surface area contributed by atoms with Gasteiger partial charge in [0, 0.05) is 21.7 Å². The Hall–Kier alpha value is -1.26. The van der Waals surface area contributed by atoms with E-state index in [9.17, 15) is 0 Å². The van der Waals surface area contributed by atoms with Crippen LogP contribution >= 0.6 is 23.1 Å². The zero-order chi connectivity index (χ0) is 12.1. The van der Waals surface area contributed by atoms with Crippen molar-refractivity contribution < 1.29 is 0 Å². The number of thioether (sulfide) groups is 1. The first-order chi connectivity index (χ1) is 8.84. The highest BCUT2D eigenvalue weighted by Crippen LogP contribution is 2.43. The standard InChI is InChI=1S/C14H12N2S2/c1-9-12(16-7-6-15-14(16)18-9)11-4-2-3-10-5-8-17-13(10)11/h2-5,8H,6-7H2,1H3. The molecule has 0 aliphatic carbocycles. The molecule has 1 aromatic carbocycles. The van der Waals surface area contributed by atoms with Crippen LogP contribution < -0.4 is 0 Å². The van der Waals surface area contributed by atoms with Crippen molar-refractivity contribution in [1.29, 1.82) is 0 Å². The number of aliphatic imine (C=N–C) groups is 1. The third-order valence-corrected chi connectivity index (χ3v) is 5.38. The van der Waals surface area contributed by atoms with Crippen LogP contribution in [-0.2, 0) is 0 Å². The molecule has 2 nitrogen and oxygen atoms in total. The van der Waals surface area contributed by atoms with Crippen molar-refractivity contribution in [3.63, 3.8) is 0 Å². The van der Waals surface area contributed by atoms with Crippen molar-refractivity contribution in [2.45, 2.75) is 6.92 Å². The summed E-state index contributed by atoms with van der Waals surface area (Å²) < 4.78 is 1.39. The number of nitrogens with zero attached hydrogens (tertiary/aromatic N) is 2. The summed E-state index contributed by atoms with van der Waals surface area (Å²) in [4.78, 5) is 8.30. The molecule has 0 saturated carbocycles. The Morgan fingerprint density at radius 3 is 3.17 bits per heavy atom. The van der Waals surface area contributed by atoms with E-state index in [4.69, 9.17) is 0 Å². The first-order valence-electron chi connectivity index (χ1n) is 6.02. The Labute approximate surface area is 114 Å². The van der Waals surface area contributed by atoms with E-state index >= 15 is 0 Å². The smallest absolute Gasteiger partial charge is 0.168 e. The van der Waals surface area contributed by atoms with Gasteiger partial charge in [-0.2, -0.15) is 0 Å². The van der Waals surface area contributed by atoms with Crippen LogP contribution in [0.1, 0.15) is 12.5 Å². The minimum atomic E-state index is 0.930. The summed E-state index contributed by atoms with van der Waals surface area (Å²) in [6.07, 6.45) is 0. The Kier molecular flexibility index (Phi) is 2.29. The van der Waals surface area contributed by atoms with E-state index in [1.54, 1.807) is 0 Å². The van der Waals surface area contributed by atoms with Crippen LogP contribution in [0.4, 0.5) is 0 Å². The van der Waals surface area contributed by atoms with Gasteiger partial charge in [0.1, 0.15) is 0 Å². The van der Waals surface area contributed by atoms with Crippen LogP contribution in [0.15, 0.2) is 39.5 Å². The van der Waals surface area contributed by atoms with Crippen LogP contribution in [0.5, 0.6) is 0 Å². The molecule has 1 aromatic heterocycles. The van der Waals surface area contributed by atoms with E-state index in [1.807, 2.05) is 23.1 Å². The van der Waals surface area contributed by atoms with Crippen molar-refractivity contribution >= 4 is 44.0 Å². The number of fused-ring (bicyclic) bond motifs is 2. The van der Waals surface area contributed by atoms with Crippen LogP contribution in [-0.4, -0.2) is 23.2 Å². The van der Waals surface area contributed by atoms with Gasteiger partial charge in [-0.25, -0.2) is 0 Å². The van der Waals surface area contributed by atoms with Crippen molar-refractivity contribution in [2.24, 2.45) is 4.99 Å². The number of allylic oxidation sites excluding steroid dienone is 1. The quantitative estimate of drug-likeness (QED) is 0.779. The molecule has 0 atom stereocenters. The molecule has 90 valence electrons. The van der Waals surface area contributed by atoms with E-state index in [0.717, 1.165) is 13.1 Å². The molecule has 0 bridgehead atoms. The summed E-state index contributed by atoms with van der Waals surface area (Å²) in [5, 5.41) is 4.69. The Morgan fingerprint density at radius 2 is 2.22 bits per heavy atom. The van der Waals surface area contributed by atoms with Crippen molar-refractivity contribution in [3.05, 3.63) is 40.1 Å². The number of thiophene rings is 1. The number of hydrogen-bond acceptors (Lipinski definition) is 4. The van der Waals surface area contributed by atoms with Gasteiger partial charge in [-0.3, -0.25) is 4.99 Å². The largest absolute Gasteiger partial charge is 0.318 e. The number of amidine groups is 1. The highest BCUT2D eigenvalue weighted by atomic mass is 32.2. The Bertz CT molecular complexity index is 697. The fourth-order valence-corrected chi connectivity index (χ4v) is 4.57. The van der Waals surface area contributed by atoms with Gasteiger partial charge < -0.3 is 4.90 Å². The molecule has 4 heteroatoms. The van der Waals surface area contributed by atoms with Gasteiger partial charge in [0.2, 0.25) is 0 Å². The molecule has 18 heavy (non-hydrogen) atoms. The summed E-state index contributed by atoms with van der Waals surface area (Å²) in [6, 6.07) is 8.77. The van der Waals surface area contributed by atoms with Crippen LogP contribution in [0.3, 0.4) is 0 Å². The second kappa shape index (κ2) is 3.87. The Morgan fingerprint density at radius 1 is 1.28 bits per heavy atom. The van der Waals surface area contributed by atoms with Gasteiger partial charge in [0.05, 0.1) is 12.2 Å². The Balaban J connectivity index is 1.95. The number of benzene rings is 1. The maximum Gasteiger partial charge on any atom is 0.168 e. The molecule has 0 radical (unpaired) electrons. The van der Waals surface area contributed by atoms with E-state index < -0.39 is 0 Å². The molecular weight excluding hydrogens is 260 g/mol. The maximum atomic E-state index is 4.56. The van der Waals surface area contributed by atoms with Crippen molar-refractivity contribution in [3.8, 4) is 0 Å². The van der Waals surface area contributed by atoms with Gasteiger partial charge >= 0.3 is 0 Å². The lowest BCUT2D eigenvalue weighted by Gasteiger charge is -2.17. The topological polar surface area (TPSA) is 15.6 Å². The van der Waals surface area contributed by atoms with Gasteiger partial charge in [0.15, 0.2) is 5.17 Å². The zero-order valence-electron chi connectivity index (χ0n) is 10.0. The lowest BCUT2D eigenvalue weighted by Crippen LogP contribution is -2.19. The number of hydrogen-bond donors (Lipinski definition) is 0. The lowest BCUT2D eigenvalue weighted by atomic mass is 10.1. The average molecular weight is 272 g/mol. The van der Waals surface area contributed by atoms with Crippen LogP contribution in [0.25, 0.3) is 15.8 Å². The van der Waals surface area contributed by atoms with Gasteiger partial charge in [-0.1, -0.05) is 30.0 Å². The molecule has 0 spiro atoms. The molecule has 2 aliphatic rings. The van der Waals surface area contributed by atoms with Crippen LogP contribution in [0.2, 0.25) is 0 Å². The molecular formula is C14H12N2S2. The van der Waals surface area contributed by atoms with Crippen molar-refractivity contribution in [2.75, 3.05) is 13.1 Å². The zero-order valence-corrected chi connectivity index (χ0v) is 11.6. The molecule has 0 unspecified atom stereocenters. The van der Waals surface area contributed by atoms with E-state index in [1.165, 1.54) is 31.4 Å². The van der Waals surface area contributed by atoms with E-state index in [-0.39, 0.29) is 0 Å². The predicted molar refractivity (Wildman–Crippen MR) is 81.0 cm³/mol. The molecule has 0 saturated heterocycles. The summed E-state index contributed by atoms with van der Waals surface area (Å²) in [6.45, 7) is 4.16. The molecule has 4 rings (SSSR count). The molecule has 3 heterocycles. The van der Waals surface area contributed by atoms with Crippen LogP contribution in [0, 0.1) is 0 Å². The second-order valence-electron chi connectivity index (χ2n) is 4.47. The molecule has 0 N–H and O–H groups in total. The van der Waals surface area contributed by atoms with E-state index in [0.29, 0.717) is 0 Å². The number of rotatable bonds is 1. The molecule has 2 aromatic rings. The van der Waals surface area contributed by atoms with E-state index in [2.05, 4.69) is 46.5 Å². The minimum Gasteiger partial charge on any atom is -0.318 e. The minimum absolute atomic E-state index is 0.930. The average Bonchev–Trinajstić information content (AvgIpc) is 3.02. The summed E-state index contributed by atoms with van der Waals surface area (Å²) >= 11 is 3.64. The summed E-state index contributed by atoms with van der Waals surface area (Å²) in [5.41, 5.74) is 2.73. The normalized spacial score (nSPS) is 18.7.